The number of benzene rings is 1. The second-order valence-corrected chi connectivity index (χ2v) is 6.02. The Labute approximate surface area is 156 Å². The van der Waals surface area contributed by atoms with Gasteiger partial charge in [-0.15, -0.1) is 0 Å². The minimum Gasteiger partial charge on any atom is -0.493 e. The summed E-state index contributed by atoms with van der Waals surface area (Å²) in [7, 11) is 3.24. The van der Waals surface area contributed by atoms with Crippen LogP contribution in [0.3, 0.4) is 0 Å². The Morgan fingerprint density at radius 2 is 1.92 bits per heavy atom. The van der Waals surface area contributed by atoms with Crippen molar-refractivity contribution < 1.29 is 9.47 Å². The molecule has 134 valence electrons. The highest BCUT2D eigenvalue weighted by atomic mass is 79.9. The highest BCUT2D eigenvalue weighted by Crippen LogP contribution is 2.33. The van der Waals surface area contributed by atoms with Crippen LogP contribution in [0.15, 0.2) is 46.0 Å². The fraction of sp³-hybridized carbons (Fsp3) is 0.333. The van der Waals surface area contributed by atoms with Gasteiger partial charge >= 0.3 is 0 Å². The maximum atomic E-state index is 5.36. The molecule has 0 aliphatic rings. The van der Waals surface area contributed by atoms with E-state index in [9.17, 15) is 0 Å². The molecule has 0 saturated carbocycles. The monoisotopic (exact) mass is 406 g/mol. The molecule has 6 nitrogen and oxygen atoms in total. The van der Waals surface area contributed by atoms with Crippen molar-refractivity contribution in [2.24, 2.45) is 4.99 Å². The largest absolute Gasteiger partial charge is 0.493 e. The number of hydrogen-bond donors (Lipinski definition) is 2. The number of halogens is 1. The van der Waals surface area contributed by atoms with Crippen LogP contribution in [0.1, 0.15) is 18.2 Å². The van der Waals surface area contributed by atoms with Gasteiger partial charge in [-0.3, -0.25) is 4.98 Å². The van der Waals surface area contributed by atoms with E-state index in [2.05, 4.69) is 36.5 Å². The molecule has 0 aliphatic heterocycles. The van der Waals surface area contributed by atoms with Crippen LogP contribution in [0.2, 0.25) is 0 Å². The molecule has 0 saturated heterocycles. The molecule has 0 spiro atoms. The van der Waals surface area contributed by atoms with Crippen LogP contribution in [0, 0.1) is 0 Å². The van der Waals surface area contributed by atoms with Gasteiger partial charge in [0.1, 0.15) is 0 Å². The van der Waals surface area contributed by atoms with E-state index >= 15 is 0 Å². The lowest BCUT2D eigenvalue weighted by molar-refractivity contribution is 0.354. The number of guanidine groups is 1. The van der Waals surface area contributed by atoms with Crippen molar-refractivity contribution in [3.05, 3.63) is 52.3 Å². The van der Waals surface area contributed by atoms with Crippen LogP contribution < -0.4 is 20.1 Å². The van der Waals surface area contributed by atoms with Gasteiger partial charge in [-0.2, -0.15) is 0 Å². The first-order valence-corrected chi connectivity index (χ1v) is 8.79. The Kier molecular flexibility index (Phi) is 7.53. The van der Waals surface area contributed by atoms with Gasteiger partial charge in [0.25, 0.3) is 0 Å². The summed E-state index contributed by atoms with van der Waals surface area (Å²) in [6.07, 6.45) is 1.78. The number of rotatable bonds is 7. The van der Waals surface area contributed by atoms with E-state index in [4.69, 9.17) is 9.47 Å². The van der Waals surface area contributed by atoms with Gasteiger partial charge in [0.15, 0.2) is 17.5 Å². The van der Waals surface area contributed by atoms with Crippen molar-refractivity contribution in [2.75, 3.05) is 20.8 Å². The van der Waals surface area contributed by atoms with E-state index in [1.165, 1.54) is 0 Å². The Hall–Kier alpha value is -2.28. The van der Waals surface area contributed by atoms with Gasteiger partial charge in [0.05, 0.1) is 33.0 Å². The summed E-state index contributed by atoms with van der Waals surface area (Å²) in [5.74, 6) is 2.10. The zero-order valence-corrected chi connectivity index (χ0v) is 16.3. The molecule has 25 heavy (non-hydrogen) atoms. The molecule has 2 N–H and O–H groups in total. The van der Waals surface area contributed by atoms with Crippen molar-refractivity contribution in [3.63, 3.8) is 0 Å². The minimum atomic E-state index is 0.499. The van der Waals surface area contributed by atoms with Crippen LogP contribution >= 0.6 is 15.9 Å². The van der Waals surface area contributed by atoms with Crippen molar-refractivity contribution in [2.45, 2.75) is 20.0 Å². The molecule has 1 aromatic heterocycles. The van der Waals surface area contributed by atoms with Gasteiger partial charge in [-0.05, 0) is 36.8 Å². The van der Waals surface area contributed by atoms with Crippen molar-refractivity contribution >= 4 is 21.9 Å². The lowest BCUT2D eigenvalue weighted by atomic mass is 10.2. The van der Waals surface area contributed by atoms with E-state index in [1.807, 2.05) is 37.3 Å². The topological polar surface area (TPSA) is 67.8 Å². The molecule has 0 atom stereocenters. The molecule has 1 aromatic carbocycles. The maximum absolute atomic E-state index is 5.36. The fourth-order valence-corrected chi connectivity index (χ4v) is 2.65. The number of methoxy groups -OCH3 is 2. The molecule has 2 rings (SSSR count). The summed E-state index contributed by atoms with van der Waals surface area (Å²) in [4.78, 5) is 8.93. The molecular formula is C18H23BrN4O2. The summed E-state index contributed by atoms with van der Waals surface area (Å²) in [6, 6.07) is 9.65. The Bertz CT molecular complexity index is 708. The zero-order valence-electron chi connectivity index (χ0n) is 14.7. The molecule has 7 heteroatoms. The number of nitrogens with one attached hydrogen (secondary N) is 2. The molecule has 1 heterocycles. The number of ether oxygens (including phenoxy) is 2. The predicted octanol–water partition coefficient (Wildman–Crippen LogP) is 3.12. The zero-order chi connectivity index (χ0) is 18.1. The Morgan fingerprint density at radius 1 is 1.16 bits per heavy atom. The van der Waals surface area contributed by atoms with Crippen molar-refractivity contribution in [3.8, 4) is 11.5 Å². The van der Waals surface area contributed by atoms with Gasteiger partial charge in [0, 0.05) is 17.2 Å². The molecule has 0 fully saturated rings. The molecule has 0 bridgehead atoms. The number of hydrogen-bond acceptors (Lipinski definition) is 4. The summed E-state index contributed by atoms with van der Waals surface area (Å²) >= 11 is 3.56. The third kappa shape index (κ3) is 5.63. The molecule has 0 radical (unpaired) electrons. The van der Waals surface area contributed by atoms with Gasteiger partial charge < -0.3 is 20.1 Å². The number of pyridine rings is 1. The fourth-order valence-electron chi connectivity index (χ4n) is 2.20. The van der Waals surface area contributed by atoms with Crippen LogP contribution in [-0.2, 0) is 13.1 Å². The first kappa shape index (κ1) is 19.1. The third-order valence-corrected chi connectivity index (χ3v) is 4.21. The SMILES string of the molecule is CCNC(=NCc1cc(OC)c(OC)cc1Br)NCc1ccccn1. The summed E-state index contributed by atoms with van der Waals surface area (Å²) in [5.41, 5.74) is 1.97. The summed E-state index contributed by atoms with van der Waals surface area (Å²) in [5, 5.41) is 6.52. The maximum Gasteiger partial charge on any atom is 0.191 e. The average Bonchev–Trinajstić information content (AvgIpc) is 2.65. The molecule has 0 amide bonds. The standard InChI is InChI=1S/C18H23BrN4O2/c1-4-20-18(23-12-14-7-5-6-8-21-14)22-11-13-9-16(24-2)17(25-3)10-15(13)19/h5-10H,4,11-12H2,1-3H3,(H2,20,22,23). The number of aromatic nitrogens is 1. The van der Waals surface area contributed by atoms with Gasteiger partial charge in [0.2, 0.25) is 0 Å². The second kappa shape index (κ2) is 9.88. The highest BCUT2D eigenvalue weighted by molar-refractivity contribution is 9.10. The normalized spacial score (nSPS) is 11.1. The van der Waals surface area contributed by atoms with Gasteiger partial charge in [-0.25, -0.2) is 4.99 Å². The Morgan fingerprint density at radius 3 is 2.56 bits per heavy atom. The van der Waals surface area contributed by atoms with E-state index in [-0.39, 0.29) is 0 Å². The first-order valence-electron chi connectivity index (χ1n) is 8.00. The van der Waals surface area contributed by atoms with E-state index < -0.39 is 0 Å². The van der Waals surface area contributed by atoms with Crippen LogP contribution in [-0.4, -0.2) is 31.7 Å². The van der Waals surface area contributed by atoms with Crippen molar-refractivity contribution in [1.29, 1.82) is 0 Å². The van der Waals surface area contributed by atoms with Crippen LogP contribution in [0.5, 0.6) is 11.5 Å². The quantitative estimate of drug-likeness (QED) is 0.546. The average molecular weight is 407 g/mol. The second-order valence-electron chi connectivity index (χ2n) is 5.17. The molecule has 0 unspecified atom stereocenters. The minimum absolute atomic E-state index is 0.499. The highest BCUT2D eigenvalue weighted by Gasteiger charge is 2.09. The molecule has 2 aromatic rings. The number of nitrogens with zero attached hydrogens (tertiary/aromatic N) is 2. The first-order chi connectivity index (χ1) is 12.2. The number of aliphatic imine (C=N–C) groups is 1. The van der Waals surface area contributed by atoms with Crippen LogP contribution in [0.4, 0.5) is 0 Å². The van der Waals surface area contributed by atoms with Crippen molar-refractivity contribution in [1.82, 2.24) is 15.6 Å². The third-order valence-electron chi connectivity index (χ3n) is 3.47. The smallest absolute Gasteiger partial charge is 0.191 e. The van der Waals surface area contributed by atoms with E-state index in [1.54, 1.807) is 20.4 Å². The molecule has 0 aliphatic carbocycles. The van der Waals surface area contributed by atoms with E-state index in [0.29, 0.717) is 24.6 Å². The summed E-state index contributed by atoms with van der Waals surface area (Å²) in [6.45, 7) is 3.92. The lowest BCUT2D eigenvalue weighted by Gasteiger charge is -2.13. The summed E-state index contributed by atoms with van der Waals surface area (Å²) < 4.78 is 11.6. The van der Waals surface area contributed by atoms with Crippen LogP contribution in [0.25, 0.3) is 0 Å². The lowest BCUT2D eigenvalue weighted by Crippen LogP contribution is -2.37. The van der Waals surface area contributed by atoms with E-state index in [0.717, 1.165) is 28.2 Å². The molecular weight excluding hydrogens is 384 g/mol. The Balaban J connectivity index is 2.10. The van der Waals surface area contributed by atoms with Gasteiger partial charge in [-0.1, -0.05) is 22.0 Å². The predicted molar refractivity (Wildman–Crippen MR) is 103 cm³/mol.